The zero-order valence-electron chi connectivity index (χ0n) is 23.2. The Morgan fingerprint density at radius 1 is 1.00 bits per heavy atom. The number of benzene rings is 2. The lowest BCUT2D eigenvalue weighted by Crippen LogP contribution is -2.47. The number of hydrogen-bond acceptors (Lipinski definition) is 8. The van der Waals surface area contributed by atoms with Gasteiger partial charge in [0.2, 0.25) is 5.91 Å². The number of amides is 1. The van der Waals surface area contributed by atoms with Gasteiger partial charge in [-0.15, -0.1) is 0 Å². The first-order valence-electron chi connectivity index (χ1n) is 14.2. The number of fused-ring (bicyclic) bond motifs is 1. The second kappa shape index (κ2) is 12.0. The molecule has 1 aliphatic carbocycles. The van der Waals surface area contributed by atoms with Gasteiger partial charge in [0.15, 0.2) is 10.9 Å². The van der Waals surface area contributed by atoms with Crippen molar-refractivity contribution < 1.29 is 27.9 Å². The summed E-state index contributed by atoms with van der Waals surface area (Å²) in [5.74, 6) is -0.368. The van der Waals surface area contributed by atoms with Gasteiger partial charge in [0.05, 0.1) is 17.9 Å². The lowest BCUT2D eigenvalue weighted by molar-refractivity contribution is -0.137. The van der Waals surface area contributed by atoms with Crippen LogP contribution in [0.2, 0.25) is 0 Å². The fourth-order valence-electron chi connectivity index (χ4n) is 5.20. The summed E-state index contributed by atoms with van der Waals surface area (Å²) < 4.78 is 41.5. The Kier molecular flexibility index (Phi) is 8.17. The van der Waals surface area contributed by atoms with E-state index in [4.69, 9.17) is 4.98 Å². The van der Waals surface area contributed by atoms with Gasteiger partial charge in [-0.05, 0) is 54.8 Å². The normalized spacial score (nSPS) is 16.0. The van der Waals surface area contributed by atoms with Crippen molar-refractivity contribution in [2.24, 2.45) is 5.92 Å². The van der Waals surface area contributed by atoms with Crippen LogP contribution in [0.1, 0.15) is 34.3 Å². The standard InChI is InChI=1S/C31H30F3N5O3S/c32-31(33,34)23-16-22(17-24(18-23)39-10-8-38(9-11-39)12-13-40)27(41)15-19-2-1-3-21(14-19)25-6-7-26-29(35-25)43-30(36-26)37-28(42)20-4-5-20/h1-3,6-7,14,16-18,20,40H,4-5,8-13,15H2,(H,36,37,42). The second-order valence-electron chi connectivity index (χ2n) is 10.9. The van der Waals surface area contributed by atoms with Crippen LogP contribution in [0.15, 0.2) is 54.6 Å². The van der Waals surface area contributed by atoms with Gasteiger partial charge < -0.3 is 15.3 Å². The fraction of sp³-hybridized carbons (Fsp3) is 0.355. The van der Waals surface area contributed by atoms with Crippen molar-refractivity contribution in [2.45, 2.75) is 25.4 Å². The lowest BCUT2D eigenvalue weighted by Gasteiger charge is -2.36. The number of anilines is 2. The van der Waals surface area contributed by atoms with E-state index in [1.54, 1.807) is 18.2 Å². The molecule has 1 amide bonds. The predicted octanol–water partition coefficient (Wildman–Crippen LogP) is 5.27. The van der Waals surface area contributed by atoms with Crippen LogP contribution in [0.4, 0.5) is 24.0 Å². The molecule has 0 unspecified atom stereocenters. The van der Waals surface area contributed by atoms with E-state index in [1.807, 2.05) is 29.2 Å². The van der Waals surface area contributed by atoms with Crippen molar-refractivity contribution in [3.05, 3.63) is 71.3 Å². The van der Waals surface area contributed by atoms with Crippen LogP contribution in [0.3, 0.4) is 0 Å². The molecule has 4 aromatic rings. The van der Waals surface area contributed by atoms with Crippen molar-refractivity contribution in [1.82, 2.24) is 14.9 Å². The number of carbonyl (C=O) groups is 2. The number of ketones is 1. The number of hydrogen-bond donors (Lipinski definition) is 2. The molecule has 2 aromatic carbocycles. The number of rotatable bonds is 9. The number of β-amino-alcohol motifs (C(OH)–C–C–N with tert-alkyl or cyclic N) is 1. The smallest absolute Gasteiger partial charge is 0.395 e. The number of piperazine rings is 1. The van der Waals surface area contributed by atoms with E-state index >= 15 is 0 Å². The van der Waals surface area contributed by atoms with Gasteiger partial charge in [0.1, 0.15) is 10.3 Å². The van der Waals surface area contributed by atoms with Crippen molar-refractivity contribution in [1.29, 1.82) is 0 Å². The zero-order chi connectivity index (χ0) is 30.1. The van der Waals surface area contributed by atoms with E-state index in [0.717, 1.165) is 30.5 Å². The van der Waals surface area contributed by atoms with E-state index in [-0.39, 0.29) is 30.4 Å². The molecule has 224 valence electrons. The zero-order valence-corrected chi connectivity index (χ0v) is 24.0. The van der Waals surface area contributed by atoms with Gasteiger partial charge >= 0.3 is 6.18 Å². The van der Waals surface area contributed by atoms with Gasteiger partial charge in [0.25, 0.3) is 0 Å². The number of alkyl halides is 3. The molecule has 43 heavy (non-hydrogen) atoms. The monoisotopic (exact) mass is 609 g/mol. The maximum Gasteiger partial charge on any atom is 0.416 e. The number of Topliss-reactive ketones (excluding diaryl/α,β-unsaturated/α-hetero) is 1. The van der Waals surface area contributed by atoms with Crippen LogP contribution in [-0.4, -0.2) is 71.0 Å². The van der Waals surface area contributed by atoms with Gasteiger partial charge in [-0.2, -0.15) is 13.2 Å². The van der Waals surface area contributed by atoms with Crippen molar-refractivity contribution >= 4 is 44.2 Å². The van der Waals surface area contributed by atoms with Crippen LogP contribution in [-0.2, 0) is 17.4 Å². The molecule has 1 saturated carbocycles. The quantitative estimate of drug-likeness (QED) is 0.250. The highest BCUT2D eigenvalue weighted by Gasteiger charge is 2.33. The first-order valence-corrected chi connectivity index (χ1v) is 15.0. The minimum absolute atomic E-state index is 0.0120. The molecule has 0 atom stereocenters. The van der Waals surface area contributed by atoms with Gasteiger partial charge in [-0.1, -0.05) is 29.5 Å². The number of pyridine rings is 1. The summed E-state index contributed by atoms with van der Waals surface area (Å²) in [5, 5.41) is 12.5. The topological polar surface area (TPSA) is 98.7 Å². The van der Waals surface area contributed by atoms with Crippen LogP contribution >= 0.6 is 11.3 Å². The number of nitrogens with zero attached hydrogens (tertiary/aromatic N) is 4. The highest BCUT2D eigenvalue weighted by molar-refractivity contribution is 7.22. The summed E-state index contributed by atoms with van der Waals surface area (Å²) in [6.07, 6.45) is -2.86. The van der Waals surface area contributed by atoms with Gasteiger partial charge in [-0.3, -0.25) is 14.5 Å². The average Bonchev–Trinajstić information content (AvgIpc) is 3.77. The molecule has 1 aliphatic heterocycles. The molecular formula is C31H30F3N5O3S. The third-order valence-electron chi connectivity index (χ3n) is 7.74. The Hall–Kier alpha value is -3.87. The Morgan fingerprint density at radius 2 is 1.79 bits per heavy atom. The molecule has 0 spiro atoms. The van der Waals surface area contributed by atoms with E-state index in [1.165, 1.54) is 11.3 Å². The molecule has 6 rings (SSSR count). The van der Waals surface area contributed by atoms with Gasteiger partial charge in [-0.25, -0.2) is 9.97 Å². The Balaban J connectivity index is 1.20. The minimum atomic E-state index is -4.59. The highest BCUT2D eigenvalue weighted by atomic mass is 32.1. The van der Waals surface area contributed by atoms with Crippen LogP contribution in [0.5, 0.6) is 0 Å². The number of aromatic nitrogens is 2. The first kappa shape index (κ1) is 29.2. The fourth-order valence-corrected chi connectivity index (χ4v) is 6.04. The molecule has 2 aromatic heterocycles. The Labute approximate surface area is 250 Å². The third-order valence-corrected chi connectivity index (χ3v) is 8.62. The summed E-state index contributed by atoms with van der Waals surface area (Å²) >= 11 is 1.29. The van der Waals surface area contributed by atoms with Crippen molar-refractivity contribution in [3.8, 4) is 11.3 Å². The summed E-state index contributed by atoms with van der Waals surface area (Å²) in [7, 11) is 0. The molecule has 12 heteroatoms. The molecule has 0 bridgehead atoms. The summed E-state index contributed by atoms with van der Waals surface area (Å²) in [6, 6.07) is 14.5. The molecule has 1 saturated heterocycles. The number of nitrogens with one attached hydrogen (secondary N) is 1. The van der Waals surface area contributed by atoms with Gasteiger partial charge in [0, 0.05) is 61.9 Å². The average molecular weight is 610 g/mol. The summed E-state index contributed by atoms with van der Waals surface area (Å²) in [4.78, 5) is 39.2. The third kappa shape index (κ3) is 6.87. The SMILES string of the molecule is O=C(Cc1cccc(-c2ccc3nc(NC(=O)C4CC4)sc3n2)c1)c1cc(N2CCN(CCO)CC2)cc(C(F)(F)F)c1. The Bertz CT molecular complexity index is 1660. The molecular weight excluding hydrogens is 579 g/mol. The second-order valence-corrected chi connectivity index (χ2v) is 11.9. The highest BCUT2D eigenvalue weighted by Crippen LogP contribution is 2.35. The maximum absolute atomic E-state index is 13.8. The molecule has 2 N–H and O–H groups in total. The molecule has 2 fully saturated rings. The number of thiazole rings is 1. The minimum Gasteiger partial charge on any atom is -0.395 e. The largest absolute Gasteiger partial charge is 0.416 e. The number of carbonyl (C=O) groups excluding carboxylic acids is 2. The number of halogens is 3. The van der Waals surface area contributed by atoms with Crippen molar-refractivity contribution in [2.75, 3.05) is 49.5 Å². The van der Waals surface area contributed by atoms with Crippen molar-refractivity contribution in [3.63, 3.8) is 0 Å². The van der Waals surface area contributed by atoms with Crippen LogP contribution < -0.4 is 10.2 Å². The molecule has 3 heterocycles. The molecule has 0 radical (unpaired) electrons. The lowest BCUT2D eigenvalue weighted by atomic mass is 9.98. The van der Waals surface area contributed by atoms with E-state index in [9.17, 15) is 27.9 Å². The van der Waals surface area contributed by atoms with Crippen LogP contribution in [0.25, 0.3) is 21.6 Å². The maximum atomic E-state index is 13.8. The number of aliphatic hydroxyl groups is 1. The predicted molar refractivity (Wildman–Crippen MR) is 159 cm³/mol. The van der Waals surface area contributed by atoms with Crippen LogP contribution in [0, 0.1) is 5.92 Å². The van der Waals surface area contributed by atoms with E-state index in [2.05, 4.69) is 15.2 Å². The number of aliphatic hydroxyl groups excluding tert-OH is 1. The van der Waals surface area contributed by atoms with E-state index in [0.29, 0.717) is 65.1 Å². The molecule has 8 nitrogen and oxygen atoms in total. The van der Waals surface area contributed by atoms with E-state index < -0.39 is 17.5 Å². The molecule has 2 aliphatic rings. The summed E-state index contributed by atoms with van der Waals surface area (Å²) in [6.45, 7) is 2.78. The first-order chi connectivity index (χ1) is 20.7. The Morgan fingerprint density at radius 3 is 2.51 bits per heavy atom. The summed E-state index contributed by atoms with van der Waals surface area (Å²) in [5.41, 5.74) is 2.27.